The standard InChI is InChI=1S/C10H14N2O5S/c1-2-8(13)7-11-18(16,17)10-6-4-3-5-9(10)12(14)15/h3-6,8,11,13H,2,7H2,1H3. The fourth-order valence-electron chi connectivity index (χ4n) is 1.26. The number of benzene rings is 1. The van der Waals surface area contributed by atoms with Crippen LogP contribution in [0.15, 0.2) is 29.2 Å². The molecule has 0 radical (unpaired) electrons. The molecule has 1 atom stereocenters. The third kappa shape index (κ3) is 3.49. The number of hydrogen-bond donors (Lipinski definition) is 2. The Morgan fingerprint density at radius 2 is 2.06 bits per heavy atom. The minimum atomic E-state index is -3.99. The molecule has 1 aromatic rings. The number of nitro groups is 1. The first-order valence-electron chi connectivity index (χ1n) is 5.29. The summed E-state index contributed by atoms with van der Waals surface area (Å²) in [6.07, 6.45) is -0.429. The lowest BCUT2D eigenvalue weighted by Crippen LogP contribution is -2.32. The zero-order valence-electron chi connectivity index (χ0n) is 9.74. The van der Waals surface area contributed by atoms with Crippen LogP contribution in [-0.4, -0.2) is 31.1 Å². The third-order valence-corrected chi connectivity index (χ3v) is 3.80. The maximum Gasteiger partial charge on any atom is 0.289 e. The van der Waals surface area contributed by atoms with Crippen LogP contribution in [0.25, 0.3) is 0 Å². The zero-order chi connectivity index (χ0) is 13.8. The molecule has 1 unspecified atom stereocenters. The number of nitrogens with one attached hydrogen (secondary N) is 1. The van der Waals surface area contributed by atoms with E-state index in [9.17, 15) is 23.6 Å². The Morgan fingerprint density at radius 3 is 2.61 bits per heavy atom. The highest BCUT2D eigenvalue weighted by molar-refractivity contribution is 7.89. The molecule has 0 aliphatic heterocycles. The topological polar surface area (TPSA) is 110 Å². The van der Waals surface area contributed by atoms with Crippen LogP contribution in [-0.2, 0) is 10.0 Å². The van der Waals surface area contributed by atoms with Crippen molar-refractivity contribution >= 4 is 15.7 Å². The summed E-state index contributed by atoms with van der Waals surface area (Å²) < 4.78 is 25.8. The van der Waals surface area contributed by atoms with E-state index in [0.29, 0.717) is 6.42 Å². The highest BCUT2D eigenvalue weighted by Gasteiger charge is 2.25. The molecule has 0 bridgehead atoms. The van der Waals surface area contributed by atoms with Crippen LogP contribution in [0, 0.1) is 10.1 Å². The summed E-state index contributed by atoms with van der Waals surface area (Å²) in [6.45, 7) is 1.52. The Kier molecular flexibility index (Phi) is 4.76. The van der Waals surface area contributed by atoms with E-state index in [1.54, 1.807) is 6.92 Å². The summed E-state index contributed by atoms with van der Waals surface area (Å²) in [5.74, 6) is 0. The molecule has 0 amide bonds. The van der Waals surface area contributed by atoms with Gasteiger partial charge in [-0.3, -0.25) is 10.1 Å². The molecule has 0 aliphatic carbocycles. The largest absolute Gasteiger partial charge is 0.392 e. The number of nitrogens with zero attached hydrogens (tertiary/aromatic N) is 1. The minimum Gasteiger partial charge on any atom is -0.392 e. The smallest absolute Gasteiger partial charge is 0.289 e. The van der Waals surface area contributed by atoms with Gasteiger partial charge in [-0.25, -0.2) is 13.1 Å². The minimum absolute atomic E-state index is 0.176. The molecule has 0 aromatic heterocycles. The van der Waals surface area contributed by atoms with Crippen LogP contribution >= 0.6 is 0 Å². The fraction of sp³-hybridized carbons (Fsp3) is 0.400. The number of rotatable bonds is 6. The van der Waals surface area contributed by atoms with Gasteiger partial charge >= 0.3 is 0 Å². The first-order chi connectivity index (χ1) is 8.38. The lowest BCUT2D eigenvalue weighted by Gasteiger charge is -2.10. The molecule has 0 saturated carbocycles. The molecule has 2 N–H and O–H groups in total. The Balaban J connectivity index is 3.02. The van der Waals surface area contributed by atoms with E-state index in [1.165, 1.54) is 12.1 Å². The number of hydrogen-bond acceptors (Lipinski definition) is 5. The van der Waals surface area contributed by atoms with E-state index >= 15 is 0 Å². The molecule has 0 spiro atoms. The van der Waals surface area contributed by atoms with E-state index < -0.39 is 31.6 Å². The molecule has 7 nitrogen and oxygen atoms in total. The summed E-state index contributed by atoms with van der Waals surface area (Å²) in [6, 6.07) is 5.06. The van der Waals surface area contributed by atoms with Crippen molar-refractivity contribution in [3.05, 3.63) is 34.4 Å². The summed E-state index contributed by atoms with van der Waals surface area (Å²) in [4.78, 5) is 9.56. The molecule has 1 aromatic carbocycles. The van der Waals surface area contributed by atoms with Gasteiger partial charge in [0, 0.05) is 12.6 Å². The van der Waals surface area contributed by atoms with Crippen LogP contribution in [0.2, 0.25) is 0 Å². The Bertz CT molecular complexity index is 529. The maximum atomic E-state index is 11.9. The number of sulfonamides is 1. The van der Waals surface area contributed by atoms with Crippen molar-refractivity contribution in [2.75, 3.05) is 6.54 Å². The summed E-state index contributed by atoms with van der Waals surface area (Å²) >= 11 is 0. The van der Waals surface area contributed by atoms with Crippen molar-refractivity contribution in [2.45, 2.75) is 24.3 Å². The van der Waals surface area contributed by atoms with Gasteiger partial charge < -0.3 is 5.11 Å². The van der Waals surface area contributed by atoms with Gasteiger partial charge in [-0.15, -0.1) is 0 Å². The average molecular weight is 274 g/mol. The van der Waals surface area contributed by atoms with E-state index in [4.69, 9.17) is 0 Å². The fourth-order valence-corrected chi connectivity index (χ4v) is 2.51. The van der Waals surface area contributed by atoms with E-state index in [2.05, 4.69) is 4.72 Å². The van der Waals surface area contributed by atoms with Crippen LogP contribution in [0.4, 0.5) is 5.69 Å². The molecule has 0 heterocycles. The molecule has 0 aliphatic rings. The highest BCUT2D eigenvalue weighted by atomic mass is 32.2. The Labute approximate surface area is 105 Å². The van der Waals surface area contributed by atoms with Crippen LogP contribution in [0.5, 0.6) is 0 Å². The lowest BCUT2D eigenvalue weighted by molar-refractivity contribution is -0.387. The van der Waals surface area contributed by atoms with Gasteiger partial charge in [0.1, 0.15) is 0 Å². The van der Waals surface area contributed by atoms with Crippen molar-refractivity contribution < 1.29 is 18.4 Å². The van der Waals surface area contributed by atoms with Crippen LogP contribution in [0.1, 0.15) is 13.3 Å². The van der Waals surface area contributed by atoms with Crippen molar-refractivity contribution in [3.63, 3.8) is 0 Å². The van der Waals surface area contributed by atoms with E-state index in [1.807, 2.05) is 0 Å². The van der Waals surface area contributed by atoms with Gasteiger partial charge in [-0.05, 0) is 12.5 Å². The first kappa shape index (κ1) is 14.6. The third-order valence-electron chi connectivity index (χ3n) is 2.33. The van der Waals surface area contributed by atoms with Gasteiger partial charge in [0.2, 0.25) is 10.0 Å². The van der Waals surface area contributed by atoms with Gasteiger partial charge in [-0.2, -0.15) is 0 Å². The second-order valence-corrected chi connectivity index (χ2v) is 5.37. The molecule has 0 fully saturated rings. The van der Waals surface area contributed by atoms with Crippen LogP contribution < -0.4 is 4.72 Å². The second kappa shape index (κ2) is 5.89. The van der Waals surface area contributed by atoms with Crippen molar-refractivity contribution in [2.24, 2.45) is 0 Å². The average Bonchev–Trinajstić information content (AvgIpc) is 2.36. The van der Waals surface area contributed by atoms with Crippen LogP contribution in [0.3, 0.4) is 0 Å². The van der Waals surface area contributed by atoms with Crippen molar-refractivity contribution in [3.8, 4) is 0 Å². The molecule has 1 rings (SSSR count). The SMILES string of the molecule is CCC(O)CNS(=O)(=O)c1ccccc1[N+](=O)[O-]. The van der Waals surface area contributed by atoms with Crippen molar-refractivity contribution in [1.82, 2.24) is 4.72 Å². The molecule has 8 heteroatoms. The Hall–Kier alpha value is -1.51. The summed E-state index contributed by atoms with van der Waals surface area (Å²) in [5.41, 5.74) is -0.490. The Morgan fingerprint density at radius 1 is 1.44 bits per heavy atom. The zero-order valence-corrected chi connectivity index (χ0v) is 10.6. The summed E-state index contributed by atoms with van der Waals surface area (Å²) in [7, 11) is -3.99. The lowest BCUT2D eigenvalue weighted by atomic mass is 10.3. The number of aliphatic hydroxyl groups is 1. The molecule has 18 heavy (non-hydrogen) atoms. The maximum absolute atomic E-state index is 11.9. The van der Waals surface area contributed by atoms with Gasteiger partial charge in [0.05, 0.1) is 11.0 Å². The quantitative estimate of drug-likeness (QED) is 0.584. The normalized spacial score (nSPS) is 13.2. The number of aliphatic hydroxyl groups excluding tert-OH is 1. The number of para-hydroxylation sites is 1. The van der Waals surface area contributed by atoms with Crippen molar-refractivity contribution in [1.29, 1.82) is 0 Å². The molecular weight excluding hydrogens is 260 g/mol. The monoisotopic (exact) mass is 274 g/mol. The van der Waals surface area contributed by atoms with Gasteiger partial charge in [0.15, 0.2) is 4.90 Å². The van der Waals surface area contributed by atoms with E-state index in [0.717, 1.165) is 12.1 Å². The number of nitro benzene ring substituents is 1. The molecule has 0 saturated heterocycles. The second-order valence-electron chi connectivity index (χ2n) is 3.64. The predicted octanol–water partition coefficient (Wildman–Crippen LogP) is 0.644. The summed E-state index contributed by atoms with van der Waals surface area (Å²) in [5, 5.41) is 20.0. The molecular formula is C10H14N2O5S. The molecule has 100 valence electrons. The van der Waals surface area contributed by atoms with Gasteiger partial charge in [-0.1, -0.05) is 19.1 Å². The van der Waals surface area contributed by atoms with E-state index in [-0.39, 0.29) is 6.54 Å². The van der Waals surface area contributed by atoms with Gasteiger partial charge in [0.25, 0.3) is 5.69 Å². The predicted molar refractivity (Wildman–Crippen MR) is 64.6 cm³/mol. The highest BCUT2D eigenvalue weighted by Crippen LogP contribution is 2.22. The first-order valence-corrected chi connectivity index (χ1v) is 6.78.